The molecular formula is C13H24N2O3S. The fraction of sp³-hybridized carbons (Fsp3) is 0.846. The van der Waals surface area contributed by atoms with Crippen molar-refractivity contribution in [3.05, 3.63) is 0 Å². The Kier molecular flexibility index (Phi) is 6.48. The predicted molar refractivity (Wildman–Crippen MR) is 77.5 cm³/mol. The highest BCUT2D eigenvalue weighted by atomic mass is 32.2. The van der Waals surface area contributed by atoms with E-state index in [0.29, 0.717) is 12.8 Å². The second-order valence-corrected chi connectivity index (χ2v) is 6.29. The van der Waals surface area contributed by atoms with Crippen LogP contribution in [-0.4, -0.2) is 41.7 Å². The predicted octanol–water partition coefficient (Wildman–Crippen LogP) is 2.07. The number of aliphatic carboxylic acids is 1. The molecule has 1 aliphatic rings. The van der Waals surface area contributed by atoms with Crippen molar-refractivity contribution in [2.24, 2.45) is 5.41 Å². The van der Waals surface area contributed by atoms with Crippen molar-refractivity contribution in [1.29, 1.82) is 0 Å². The number of carbonyl (C=O) groups is 2. The number of amides is 2. The largest absolute Gasteiger partial charge is 0.481 e. The van der Waals surface area contributed by atoms with Gasteiger partial charge >= 0.3 is 12.0 Å². The minimum absolute atomic E-state index is 0.108. The number of rotatable bonds is 7. The van der Waals surface area contributed by atoms with Gasteiger partial charge < -0.3 is 15.7 Å². The Bertz CT molecular complexity index is 317. The van der Waals surface area contributed by atoms with Gasteiger partial charge in [-0.3, -0.25) is 4.79 Å². The molecule has 2 amide bonds. The number of hydrogen-bond acceptors (Lipinski definition) is 3. The molecule has 0 aromatic rings. The molecule has 3 N–H and O–H groups in total. The first-order chi connectivity index (χ1) is 9.00. The van der Waals surface area contributed by atoms with Gasteiger partial charge in [0.1, 0.15) is 0 Å². The summed E-state index contributed by atoms with van der Waals surface area (Å²) in [5, 5.41) is 14.9. The van der Waals surface area contributed by atoms with Crippen molar-refractivity contribution >= 4 is 23.8 Å². The van der Waals surface area contributed by atoms with E-state index in [2.05, 4.69) is 10.6 Å². The Morgan fingerprint density at radius 3 is 2.53 bits per heavy atom. The van der Waals surface area contributed by atoms with Crippen LogP contribution in [0.2, 0.25) is 0 Å². The van der Waals surface area contributed by atoms with E-state index in [9.17, 15) is 14.7 Å². The van der Waals surface area contributed by atoms with Gasteiger partial charge in [0, 0.05) is 12.6 Å². The number of carbonyl (C=O) groups excluding carboxylic acids is 1. The summed E-state index contributed by atoms with van der Waals surface area (Å²) in [6, 6.07) is -0.155. The number of nitrogens with one attached hydrogen (secondary N) is 2. The molecule has 0 aromatic heterocycles. The van der Waals surface area contributed by atoms with E-state index in [-0.39, 0.29) is 18.6 Å². The first-order valence-corrected chi connectivity index (χ1v) is 8.16. The molecule has 0 heterocycles. The van der Waals surface area contributed by atoms with Crippen molar-refractivity contribution in [3.63, 3.8) is 0 Å². The van der Waals surface area contributed by atoms with E-state index >= 15 is 0 Å². The SMILES string of the molecule is CSCCC(C)NC(=O)NCC1(C(=O)O)CCCC1. The summed E-state index contributed by atoms with van der Waals surface area (Å²) < 4.78 is 0. The van der Waals surface area contributed by atoms with Gasteiger partial charge in [-0.2, -0.15) is 11.8 Å². The van der Waals surface area contributed by atoms with Crippen molar-refractivity contribution in [2.45, 2.75) is 45.1 Å². The number of urea groups is 1. The summed E-state index contributed by atoms with van der Waals surface area (Å²) in [5.41, 5.74) is -0.750. The van der Waals surface area contributed by atoms with Crippen molar-refractivity contribution in [2.75, 3.05) is 18.6 Å². The van der Waals surface area contributed by atoms with E-state index < -0.39 is 11.4 Å². The molecule has 1 unspecified atom stereocenters. The molecule has 1 atom stereocenters. The molecule has 0 saturated heterocycles. The second kappa shape index (κ2) is 7.62. The lowest BCUT2D eigenvalue weighted by Gasteiger charge is -2.24. The summed E-state index contributed by atoms with van der Waals surface area (Å²) in [7, 11) is 0. The third-order valence-electron chi connectivity index (χ3n) is 3.73. The molecule has 1 rings (SSSR count). The molecule has 1 fully saturated rings. The Morgan fingerprint density at radius 2 is 2.00 bits per heavy atom. The molecule has 1 saturated carbocycles. The van der Waals surface area contributed by atoms with Crippen LogP contribution in [-0.2, 0) is 4.79 Å². The molecule has 0 bridgehead atoms. The molecule has 1 aliphatic carbocycles. The third-order valence-corrected chi connectivity index (χ3v) is 4.38. The van der Waals surface area contributed by atoms with Gasteiger partial charge in [0.15, 0.2) is 0 Å². The van der Waals surface area contributed by atoms with Crippen LogP contribution >= 0.6 is 11.8 Å². The smallest absolute Gasteiger partial charge is 0.315 e. The van der Waals surface area contributed by atoms with E-state index in [0.717, 1.165) is 25.0 Å². The molecule has 6 heteroatoms. The summed E-state index contributed by atoms with van der Waals surface area (Å²) in [4.78, 5) is 23.0. The monoisotopic (exact) mass is 288 g/mol. The Hall–Kier alpha value is -0.910. The minimum Gasteiger partial charge on any atom is -0.481 e. The number of carboxylic acid groups (broad SMARTS) is 1. The van der Waals surface area contributed by atoms with E-state index in [1.807, 2.05) is 13.2 Å². The standard InChI is InChI=1S/C13H24N2O3S/c1-10(5-8-19-2)15-12(18)14-9-13(11(16)17)6-3-4-7-13/h10H,3-9H2,1-2H3,(H,16,17)(H2,14,15,18). The maximum absolute atomic E-state index is 11.7. The fourth-order valence-corrected chi connectivity index (χ4v) is 3.00. The zero-order chi connectivity index (χ0) is 14.3. The topological polar surface area (TPSA) is 78.4 Å². The molecule has 0 aliphatic heterocycles. The first kappa shape index (κ1) is 16.1. The molecule has 110 valence electrons. The van der Waals surface area contributed by atoms with Crippen molar-refractivity contribution < 1.29 is 14.7 Å². The maximum atomic E-state index is 11.7. The highest BCUT2D eigenvalue weighted by Gasteiger charge is 2.41. The van der Waals surface area contributed by atoms with Crippen LogP contribution in [0.15, 0.2) is 0 Å². The quantitative estimate of drug-likeness (QED) is 0.670. The lowest BCUT2D eigenvalue weighted by atomic mass is 9.86. The van der Waals surface area contributed by atoms with Gasteiger partial charge in [-0.25, -0.2) is 4.79 Å². The Balaban J connectivity index is 2.34. The zero-order valence-electron chi connectivity index (χ0n) is 11.7. The van der Waals surface area contributed by atoms with Gasteiger partial charge in [-0.05, 0) is 38.2 Å². The van der Waals surface area contributed by atoms with Crippen molar-refractivity contribution in [3.8, 4) is 0 Å². The van der Waals surface area contributed by atoms with Crippen LogP contribution in [0.5, 0.6) is 0 Å². The molecule has 19 heavy (non-hydrogen) atoms. The normalized spacial score (nSPS) is 18.8. The maximum Gasteiger partial charge on any atom is 0.315 e. The van der Waals surface area contributed by atoms with Gasteiger partial charge in [0.25, 0.3) is 0 Å². The first-order valence-electron chi connectivity index (χ1n) is 6.77. The summed E-state index contributed by atoms with van der Waals surface area (Å²) >= 11 is 1.74. The molecule has 0 aromatic carbocycles. The highest BCUT2D eigenvalue weighted by Crippen LogP contribution is 2.37. The van der Waals surface area contributed by atoms with Gasteiger partial charge in [0.05, 0.1) is 5.41 Å². The van der Waals surface area contributed by atoms with Crippen molar-refractivity contribution in [1.82, 2.24) is 10.6 Å². The molecular weight excluding hydrogens is 264 g/mol. The number of thioether (sulfide) groups is 1. The van der Waals surface area contributed by atoms with E-state index in [4.69, 9.17) is 0 Å². The van der Waals surface area contributed by atoms with Gasteiger partial charge in [0.2, 0.25) is 0 Å². The highest BCUT2D eigenvalue weighted by molar-refractivity contribution is 7.98. The number of hydrogen-bond donors (Lipinski definition) is 3. The minimum atomic E-state index is -0.791. The van der Waals surface area contributed by atoms with E-state index in [1.165, 1.54) is 0 Å². The van der Waals surface area contributed by atoms with Gasteiger partial charge in [-0.15, -0.1) is 0 Å². The molecule has 0 spiro atoms. The molecule has 0 radical (unpaired) electrons. The van der Waals surface area contributed by atoms with E-state index in [1.54, 1.807) is 11.8 Å². The molecule has 5 nitrogen and oxygen atoms in total. The van der Waals surface area contributed by atoms with Gasteiger partial charge in [-0.1, -0.05) is 12.8 Å². The second-order valence-electron chi connectivity index (χ2n) is 5.30. The van der Waals surface area contributed by atoms with Crippen LogP contribution < -0.4 is 10.6 Å². The van der Waals surface area contributed by atoms with Crippen LogP contribution in [0.3, 0.4) is 0 Å². The number of carboxylic acids is 1. The summed E-state index contributed by atoms with van der Waals surface area (Å²) in [6.45, 7) is 2.18. The average molecular weight is 288 g/mol. The summed E-state index contributed by atoms with van der Waals surface area (Å²) in [6.07, 6.45) is 6.12. The van der Waals surface area contributed by atoms with Crippen LogP contribution in [0.4, 0.5) is 4.79 Å². The average Bonchev–Trinajstić information content (AvgIpc) is 2.84. The lowest BCUT2D eigenvalue weighted by Crippen LogP contribution is -2.47. The third kappa shape index (κ3) is 4.93. The van der Waals surface area contributed by atoms with Crippen LogP contribution in [0, 0.1) is 5.41 Å². The zero-order valence-corrected chi connectivity index (χ0v) is 12.5. The Morgan fingerprint density at radius 1 is 1.37 bits per heavy atom. The fourth-order valence-electron chi connectivity index (χ4n) is 2.41. The van der Waals surface area contributed by atoms with Crippen LogP contribution in [0.1, 0.15) is 39.0 Å². The lowest BCUT2D eigenvalue weighted by molar-refractivity contribution is -0.148. The Labute approximate surface area is 118 Å². The van der Waals surface area contributed by atoms with Crippen LogP contribution in [0.25, 0.3) is 0 Å². The summed E-state index contributed by atoms with van der Waals surface area (Å²) in [5.74, 6) is 0.210.